The van der Waals surface area contributed by atoms with Crippen molar-refractivity contribution in [1.29, 1.82) is 0 Å². The molecule has 7 nitrogen and oxygen atoms in total. The maximum absolute atomic E-state index is 12.1. The number of amides is 1. The summed E-state index contributed by atoms with van der Waals surface area (Å²) < 4.78 is 7.47. The number of hydrogen-bond acceptors (Lipinski definition) is 6. The molecule has 0 spiro atoms. The van der Waals surface area contributed by atoms with E-state index in [1.54, 1.807) is 7.11 Å². The molecule has 1 heterocycles. The van der Waals surface area contributed by atoms with Gasteiger partial charge in [0, 0.05) is 15.7 Å². The van der Waals surface area contributed by atoms with Crippen LogP contribution in [0.4, 0.5) is 5.69 Å². The van der Waals surface area contributed by atoms with E-state index in [1.807, 2.05) is 48.5 Å². The Morgan fingerprint density at radius 3 is 2.85 bits per heavy atom. The largest absolute Gasteiger partial charge is 0.497 e. The monoisotopic (exact) mass is 433 g/mol. The van der Waals surface area contributed by atoms with E-state index in [0.29, 0.717) is 16.7 Å². The van der Waals surface area contributed by atoms with Gasteiger partial charge < -0.3 is 15.9 Å². The van der Waals surface area contributed by atoms with Gasteiger partial charge in [0.1, 0.15) is 5.75 Å². The number of nitrogen functional groups attached to an aromatic ring is 1. The van der Waals surface area contributed by atoms with Crippen molar-refractivity contribution in [3.8, 4) is 17.1 Å². The Bertz CT molecular complexity index is 931. The van der Waals surface area contributed by atoms with E-state index in [9.17, 15) is 4.79 Å². The highest BCUT2D eigenvalue weighted by atomic mass is 79.9. The van der Waals surface area contributed by atoms with Crippen molar-refractivity contribution >= 4 is 39.3 Å². The fraction of sp³-hybridized carbons (Fsp3) is 0.118. The van der Waals surface area contributed by atoms with Crippen molar-refractivity contribution in [2.24, 2.45) is 0 Å². The van der Waals surface area contributed by atoms with Crippen LogP contribution in [0.25, 0.3) is 11.4 Å². The second-order valence-electron chi connectivity index (χ2n) is 5.26. The maximum Gasteiger partial charge on any atom is 0.234 e. The Labute approximate surface area is 163 Å². The molecule has 0 saturated carbocycles. The number of halogens is 1. The topological polar surface area (TPSA) is 95.1 Å². The van der Waals surface area contributed by atoms with Crippen molar-refractivity contribution in [3.63, 3.8) is 0 Å². The zero-order valence-corrected chi connectivity index (χ0v) is 16.3. The SMILES string of the molecule is COc1cccc(-c2nnc(SCC(=O)Nc3cccc(Br)c3)n2N)c1. The summed E-state index contributed by atoms with van der Waals surface area (Å²) in [6.45, 7) is 0. The van der Waals surface area contributed by atoms with Gasteiger partial charge >= 0.3 is 0 Å². The quantitative estimate of drug-likeness (QED) is 0.457. The number of nitrogens with two attached hydrogens (primary N) is 1. The molecule has 1 aromatic heterocycles. The molecule has 0 fully saturated rings. The summed E-state index contributed by atoms with van der Waals surface area (Å²) in [7, 11) is 1.59. The van der Waals surface area contributed by atoms with Crippen molar-refractivity contribution in [2.45, 2.75) is 5.16 Å². The van der Waals surface area contributed by atoms with E-state index in [2.05, 4.69) is 31.4 Å². The van der Waals surface area contributed by atoms with Gasteiger partial charge in [-0.25, -0.2) is 4.68 Å². The lowest BCUT2D eigenvalue weighted by atomic mass is 10.2. The molecule has 3 aromatic rings. The van der Waals surface area contributed by atoms with Crippen molar-refractivity contribution in [2.75, 3.05) is 24.0 Å². The Morgan fingerprint density at radius 1 is 1.27 bits per heavy atom. The van der Waals surface area contributed by atoms with Crippen LogP contribution < -0.4 is 15.9 Å². The molecule has 1 amide bonds. The number of thioether (sulfide) groups is 1. The molecule has 2 aromatic carbocycles. The summed E-state index contributed by atoms with van der Waals surface area (Å²) in [5.74, 6) is 7.29. The summed E-state index contributed by atoms with van der Waals surface area (Å²) >= 11 is 4.58. The normalized spacial score (nSPS) is 10.5. The molecule has 0 saturated heterocycles. The van der Waals surface area contributed by atoms with E-state index in [4.69, 9.17) is 10.6 Å². The van der Waals surface area contributed by atoms with Gasteiger partial charge in [-0.05, 0) is 30.3 Å². The number of rotatable bonds is 6. The molecule has 0 radical (unpaired) electrons. The van der Waals surface area contributed by atoms with Crippen LogP contribution in [-0.4, -0.2) is 33.6 Å². The lowest BCUT2D eigenvalue weighted by molar-refractivity contribution is -0.113. The van der Waals surface area contributed by atoms with Gasteiger partial charge in [-0.2, -0.15) is 0 Å². The Morgan fingerprint density at radius 2 is 2.08 bits per heavy atom. The van der Waals surface area contributed by atoms with Crippen LogP contribution in [0.15, 0.2) is 58.2 Å². The maximum atomic E-state index is 12.1. The third kappa shape index (κ3) is 4.36. The van der Waals surface area contributed by atoms with Gasteiger partial charge in [0.2, 0.25) is 11.1 Å². The van der Waals surface area contributed by atoms with E-state index < -0.39 is 0 Å². The minimum Gasteiger partial charge on any atom is -0.497 e. The third-order valence-corrected chi connectivity index (χ3v) is 4.87. The zero-order valence-electron chi connectivity index (χ0n) is 13.8. The Hall–Kier alpha value is -2.52. The molecule has 0 aliphatic heterocycles. The third-order valence-electron chi connectivity index (χ3n) is 3.43. The number of carbonyl (C=O) groups excluding carboxylic acids is 1. The number of carbonyl (C=O) groups is 1. The van der Waals surface area contributed by atoms with E-state index in [0.717, 1.165) is 15.7 Å². The predicted molar refractivity (Wildman–Crippen MR) is 106 cm³/mol. The minimum absolute atomic E-state index is 0.154. The first-order chi connectivity index (χ1) is 12.6. The minimum atomic E-state index is -0.154. The zero-order chi connectivity index (χ0) is 18.5. The van der Waals surface area contributed by atoms with Gasteiger partial charge in [-0.15, -0.1) is 10.2 Å². The van der Waals surface area contributed by atoms with Crippen LogP contribution in [0, 0.1) is 0 Å². The van der Waals surface area contributed by atoms with Gasteiger partial charge in [-0.3, -0.25) is 4.79 Å². The molecular weight excluding hydrogens is 418 g/mol. The average molecular weight is 434 g/mol. The smallest absolute Gasteiger partial charge is 0.234 e. The molecule has 0 unspecified atom stereocenters. The van der Waals surface area contributed by atoms with Crippen LogP contribution >= 0.6 is 27.7 Å². The van der Waals surface area contributed by atoms with Gasteiger partial charge in [0.25, 0.3) is 0 Å². The fourth-order valence-corrected chi connectivity index (χ4v) is 3.28. The number of benzene rings is 2. The molecule has 0 bridgehead atoms. The molecule has 0 atom stereocenters. The lowest BCUT2D eigenvalue weighted by Gasteiger charge is -2.06. The fourth-order valence-electron chi connectivity index (χ4n) is 2.23. The van der Waals surface area contributed by atoms with Gasteiger partial charge in [0.05, 0.1) is 12.9 Å². The Kier molecular flexibility index (Phi) is 5.79. The number of nitrogens with one attached hydrogen (secondary N) is 1. The number of methoxy groups -OCH3 is 1. The van der Waals surface area contributed by atoms with E-state index >= 15 is 0 Å². The van der Waals surface area contributed by atoms with E-state index in [-0.39, 0.29) is 11.7 Å². The van der Waals surface area contributed by atoms with Crippen LogP contribution in [0.2, 0.25) is 0 Å². The highest BCUT2D eigenvalue weighted by Crippen LogP contribution is 2.24. The van der Waals surface area contributed by atoms with Crippen LogP contribution in [0.5, 0.6) is 5.75 Å². The summed E-state index contributed by atoms with van der Waals surface area (Å²) in [5.41, 5.74) is 1.50. The van der Waals surface area contributed by atoms with Crippen molar-refractivity contribution < 1.29 is 9.53 Å². The number of aromatic nitrogens is 3. The van der Waals surface area contributed by atoms with E-state index in [1.165, 1.54) is 16.4 Å². The van der Waals surface area contributed by atoms with Gasteiger partial charge in [0.15, 0.2) is 5.82 Å². The van der Waals surface area contributed by atoms with Gasteiger partial charge in [-0.1, -0.05) is 45.9 Å². The second kappa shape index (κ2) is 8.24. The first-order valence-corrected chi connectivity index (χ1v) is 9.38. The Balaban J connectivity index is 1.65. The van der Waals surface area contributed by atoms with Crippen LogP contribution in [0.1, 0.15) is 0 Å². The molecule has 134 valence electrons. The average Bonchev–Trinajstić information content (AvgIpc) is 3.00. The summed E-state index contributed by atoms with van der Waals surface area (Å²) in [6.07, 6.45) is 0. The summed E-state index contributed by atoms with van der Waals surface area (Å²) in [4.78, 5) is 12.1. The highest BCUT2D eigenvalue weighted by Gasteiger charge is 2.14. The predicted octanol–water partition coefficient (Wildman–Crippen LogP) is 3.16. The standard InChI is InChI=1S/C17H16BrN5O2S/c1-25-14-7-2-4-11(8-14)16-21-22-17(23(16)19)26-10-15(24)20-13-6-3-5-12(18)9-13/h2-9H,10,19H2,1H3,(H,20,24). The molecular formula is C17H16BrN5O2S. The number of ether oxygens (including phenoxy) is 1. The molecule has 3 N–H and O–H groups in total. The summed E-state index contributed by atoms with van der Waals surface area (Å²) in [5, 5.41) is 11.4. The number of hydrogen-bond donors (Lipinski definition) is 2. The molecule has 0 aliphatic carbocycles. The van der Waals surface area contributed by atoms with Crippen molar-refractivity contribution in [1.82, 2.24) is 14.9 Å². The molecule has 26 heavy (non-hydrogen) atoms. The summed E-state index contributed by atoms with van der Waals surface area (Å²) in [6, 6.07) is 14.8. The number of anilines is 1. The second-order valence-corrected chi connectivity index (χ2v) is 7.11. The first-order valence-electron chi connectivity index (χ1n) is 7.60. The van der Waals surface area contributed by atoms with Crippen LogP contribution in [-0.2, 0) is 4.79 Å². The van der Waals surface area contributed by atoms with Crippen molar-refractivity contribution in [3.05, 3.63) is 53.0 Å². The number of nitrogens with zero attached hydrogens (tertiary/aromatic N) is 3. The van der Waals surface area contributed by atoms with Crippen LogP contribution in [0.3, 0.4) is 0 Å². The molecule has 0 aliphatic rings. The molecule has 3 rings (SSSR count). The highest BCUT2D eigenvalue weighted by molar-refractivity contribution is 9.10. The lowest BCUT2D eigenvalue weighted by Crippen LogP contribution is -2.16. The first kappa shape index (κ1) is 18.3. The molecule has 9 heteroatoms.